The number of hydrogen-bond donors (Lipinski definition) is 3. The van der Waals surface area contributed by atoms with E-state index >= 15 is 0 Å². The van der Waals surface area contributed by atoms with Crippen LogP contribution in [0.4, 0.5) is 5.69 Å². The number of rotatable bonds is 6. The van der Waals surface area contributed by atoms with E-state index in [0.717, 1.165) is 30.7 Å². The second-order valence-corrected chi connectivity index (χ2v) is 6.74. The Kier molecular flexibility index (Phi) is 5.34. The predicted octanol–water partition coefficient (Wildman–Crippen LogP) is 2.35. The first-order chi connectivity index (χ1) is 9.67. The first-order valence-electron chi connectivity index (χ1n) is 7.42. The summed E-state index contributed by atoms with van der Waals surface area (Å²) in [6.45, 7) is 4.23. The maximum atomic E-state index is 12.3. The highest BCUT2D eigenvalue weighted by atomic mass is 32.2. The molecule has 0 saturated heterocycles. The number of aromatic nitrogens is 2. The van der Waals surface area contributed by atoms with Crippen LogP contribution in [0.1, 0.15) is 55.7 Å². The van der Waals surface area contributed by atoms with Crippen LogP contribution >= 0.6 is 11.8 Å². The Bertz CT molecular complexity index is 460. The smallest absolute Gasteiger partial charge is 0.274 e. The van der Waals surface area contributed by atoms with E-state index in [-0.39, 0.29) is 11.9 Å². The molecule has 0 spiro atoms. The zero-order valence-electron chi connectivity index (χ0n) is 12.2. The van der Waals surface area contributed by atoms with Crippen molar-refractivity contribution in [2.75, 3.05) is 11.5 Å². The van der Waals surface area contributed by atoms with Gasteiger partial charge in [-0.2, -0.15) is 16.9 Å². The van der Waals surface area contributed by atoms with Gasteiger partial charge >= 0.3 is 0 Å². The molecule has 1 aromatic rings. The molecular weight excluding hydrogens is 272 g/mol. The van der Waals surface area contributed by atoms with Crippen LogP contribution in [-0.4, -0.2) is 33.1 Å². The van der Waals surface area contributed by atoms with Crippen molar-refractivity contribution in [2.24, 2.45) is 0 Å². The van der Waals surface area contributed by atoms with E-state index in [1.807, 2.05) is 11.8 Å². The number of carbonyl (C=O) groups excluding carboxylic acids is 1. The molecular formula is C14H24N4OS. The molecule has 1 aliphatic rings. The van der Waals surface area contributed by atoms with E-state index in [1.165, 1.54) is 12.8 Å². The molecule has 1 fully saturated rings. The average Bonchev–Trinajstić information content (AvgIpc) is 2.99. The van der Waals surface area contributed by atoms with Crippen LogP contribution in [0.3, 0.4) is 0 Å². The molecule has 0 aliphatic heterocycles. The fraction of sp³-hybridized carbons (Fsp3) is 0.714. The summed E-state index contributed by atoms with van der Waals surface area (Å²) in [4.78, 5) is 12.3. The number of aromatic amines is 1. The highest BCUT2D eigenvalue weighted by Gasteiger charge is 2.30. The lowest BCUT2D eigenvalue weighted by Gasteiger charge is -2.19. The number of hydrogen-bond acceptors (Lipinski definition) is 4. The van der Waals surface area contributed by atoms with Crippen LogP contribution in [0.5, 0.6) is 0 Å². The highest BCUT2D eigenvalue weighted by molar-refractivity contribution is 7.99. The second kappa shape index (κ2) is 7.02. The Balaban J connectivity index is 2.01. The van der Waals surface area contributed by atoms with Gasteiger partial charge in [0, 0.05) is 11.3 Å². The minimum atomic E-state index is -0.144. The number of nitrogen functional groups attached to an aromatic ring is 1. The van der Waals surface area contributed by atoms with Gasteiger partial charge in [0.25, 0.3) is 5.91 Å². The molecule has 112 valence electrons. The van der Waals surface area contributed by atoms with Gasteiger partial charge in [-0.05, 0) is 25.0 Å². The molecule has 6 heteroatoms. The number of anilines is 1. The summed E-state index contributed by atoms with van der Waals surface area (Å²) in [6, 6.07) is 0.248. The topological polar surface area (TPSA) is 83.8 Å². The molecule has 2 atom stereocenters. The average molecular weight is 296 g/mol. The maximum Gasteiger partial charge on any atom is 0.274 e. The van der Waals surface area contributed by atoms with Gasteiger partial charge in [-0.1, -0.05) is 26.7 Å². The van der Waals surface area contributed by atoms with Crippen LogP contribution in [0, 0.1) is 0 Å². The fourth-order valence-electron chi connectivity index (χ4n) is 2.74. The third kappa shape index (κ3) is 3.29. The van der Waals surface area contributed by atoms with Crippen molar-refractivity contribution in [1.82, 2.24) is 15.5 Å². The van der Waals surface area contributed by atoms with E-state index < -0.39 is 0 Å². The van der Waals surface area contributed by atoms with Crippen molar-refractivity contribution in [2.45, 2.75) is 57.2 Å². The van der Waals surface area contributed by atoms with Gasteiger partial charge in [-0.15, -0.1) is 0 Å². The van der Waals surface area contributed by atoms with Gasteiger partial charge in [0.2, 0.25) is 0 Å². The Labute approximate surface area is 124 Å². The first kappa shape index (κ1) is 15.2. The summed E-state index contributed by atoms with van der Waals surface area (Å²) in [5.74, 6) is 0.942. The van der Waals surface area contributed by atoms with Gasteiger partial charge in [0.05, 0.1) is 11.4 Å². The second-order valence-electron chi connectivity index (χ2n) is 5.22. The molecule has 1 amide bonds. The molecule has 1 aromatic heterocycles. The van der Waals surface area contributed by atoms with Gasteiger partial charge in [-0.3, -0.25) is 9.89 Å². The number of thioether (sulfide) groups is 1. The summed E-state index contributed by atoms with van der Waals surface area (Å²) >= 11 is 1.93. The quantitative estimate of drug-likeness (QED) is 0.752. The van der Waals surface area contributed by atoms with Crippen molar-refractivity contribution in [1.29, 1.82) is 0 Å². The third-order valence-electron chi connectivity index (χ3n) is 3.75. The number of carbonyl (C=O) groups is 1. The molecule has 1 saturated carbocycles. The summed E-state index contributed by atoms with van der Waals surface area (Å²) < 4.78 is 0. The van der Waals surface area contributed by atoms with Crippen molar-refractivity contribution in [3.8, 4) is 0 Å². The zero-order valence-corrected chi connectivity index (χ0v) is 13.1. The van der Waals surface area contributed by atoms with Crippen molar-refractivity contribution < 1.29 is 4.79 Å². The van der Waals surface area contributed by atoms with E-state index in [0.29, 0.717) is 16.6 Å². The monoisotopic (exact) mass is 296 g/mol. The van der Waals surface area contributed by atoms with Gasteiger partial charge in [0.1, 0.15) is 0 Å². The SMILES string of the molecule is CCCc1[nH]nc(C(=O)NC2CCCC2SCC)c1N. The molecule has 0 bridgehead atoms. The van der Waals surface area contributed by atoms with Crippen LogP contribution in [0.15, 0.2) is 0 Å². The summed E-state index contributed by atoms with van der Waals surface area (Å²) in [6.07, 6.45) is 5.21. The van der Waals surface area contributed by atoms with Crippen LogP contribution in [-0.2, 0) is 6.42 Å². The molecule has 4 N–H and O–H groups in total. The number of nitrogens with zero attached hydrogens (tertiary/aromatic N) is 1. The number of nitrogens with two attached hydrogens (primary N) is 1. The predicted molar refractivity (Wildman–Crippen MR) is 84.0 cm³/mol. The molecule has 0 aromatic carbocycles. The van der Waals surface area contributed by atoms with Crippen LogP contribution in [0.25, 0.3) is 0 Å². The number of aryl methyl sites for hydroxylation is 1. The Morgan fingerprint density at radius 1 is 1.50 bits per heavy atom. The number of H-pyrrole nitrogens is 1. The number of nitrogens with one attached hydrogen (secondary N) is 2. The van der Waals surface area contributed by atoms with Gasteiger partial charge in [-0.25, -0.2) is 0 Å². The molecule has 2 rings (SSSR count). The van der Waals surface area contributed by atoms with Gasteiger partial charge in [0.15, 0.2) is 5.69 Å². The summed E-state index contributed by atoms with van der Waals surface area (Å²) in [7, 11) is 0. The van der Waals surface area contributed by atoms with Crippen molar-refractivity contribution in [3.05, 3.63) is 11.4 Å². The summed E-state index contributed by atoms with van der Waals surface area (Å²) in [5, 5.41) is 10.6. The Hall–Kier alpha value is -1.17. The summed E-state index contributed by atoms with van der Waals surface area (Å²) in [5.41, 5.74) is 7.71. The lowest BCUT2D eigenvalue weighted by atomic mass is 10.2. The fourth-order valence-corrected chi connectivity index (χ4v) is 3.94. The highest BCUT2D eigenvalue weighted by Crippen LogP contribution is 2.30. The molecule has 20 heavy (non-hydrogen) atoms. The molecule has 1 heterocycles. The van der Waals surface area contributed by atoms with E-state index in [1.54, 1.807) is 0 Å². The van der Waals surface area contributed by atoms with Crippen molar-refractivity contribution >= 4 is 23.4 Å². The van der Waals surface area contributed by atoms with E-state index in [2.05, 4.69) is 29.4 Å². The third-order valence-corrected chi connectivity index (χ3v) is 5.07. The number of amides is 1. The van der Waals surface area contributed by atoms with E-state index in [4.69, 9.17) is 5.73 Å². The zero-order chi connectivity index (χ0) is 14.5. The Morgan fingerprint density at radius 3 is 3.00 bits per heavy atom. The lowest BCUT2D eigenvalue weighted by molar-refractivity contribution is 0.0934. The molecule has 2 unspecified atom stereocenters. The molecule has 0 radical (unpaired) electrons. The van der Waals surface area contributed by atoms with Crippen LogP contribution < -0.4 is 11.1 Å². The van der Waals surface area contributed by atoms with E-state index in [9.17, 15) is 4.79 Å². The molecule has 5 nitrogen and oxygen atoms in total. The van der Waals surface area contributed by atoms with Crippen LogP contribution in [0.2, 0.25) is 0 Å². The first-order valence-corrected chi connectivity index (χ1v) is 8.47. The lowest BCUT2D eigenvalue weighted by Crippen LogP contribution is -2.39. The largest absolute Gasteiger partial charge is 0.395 e. The standard InChI is InChI=1S/C14H24N4OS/c1-3-6-10-12(15)13(18-17-10)14(19)16-9-7-5-8-11(9)20-4-2/h9,11H,3-8,15H2,1-2H3,(H,16,19)(H,17,18). The maximum absolute atomic E-state index is 12.3. The van der Waals surface area contributed by atoms with Crippen molar-refractivity contribution in [3.63, 3.8) is 0 Å². The minimum absolute atomic E-state index is 0.144. The molecule has 1 aliphatic carbocycles. The normalized spacial score (nSPS) is 22.1. The van der Waals surface area contributed by atoms with Gasteiger partial charge < -0.3 is 11.1 Å². The minimum Gasteiger partial charge on any atom is -0.395 e. The Morgan fingerprint density at radius 2 is 2.30 bits per heavy atom.